The fourth-order valence-electron chi connectivity index (χ4n) is 2.03. The molecule has 0 aromatic carbocycles. The third-order valence-corrected chi connectivity index (χ3v) is 3.21. The Bertz CT molecular complexity index is 934. The molecule has 0 aliphatic rings. The molecular formula is C17H17N7O2. The Hall–Kier alpha value is -3.88. The van der Waals surface area contributed by atoms with Gasteiger partial charge in [-0.15, -0.1) is 0 Å². The Morgan fingerprint density at radius 2 is 2.00 bits per heavy atom. The molecule has 3 N–H and O–H groups in total. The van der Waals surface area contributed by atoms with Crippen molar-refractivity contribution in [2.75, 3.05) is 5.32 Å². The predicted molar refractivity (Wildman–Crippen MR) is 97.7 cm³/mol. The third-order valence-electron chi connectivity index (χ3n) is 3.21. The number of aromatic nitrogens is 4. The van der Waals surface area contributed by atoms with E-state index in [4.69, 9.17) is 10.5 Å². The predicted octanol–water partition coefficient (Wildman–Crippen LogP) is 2.48. The highest BCUT2D eigenvalue weighted by Gasteiger charge is 2.15. The highest BCUT2D eigenvalue weighted by molar-refractivity contribution is 6.07. The number of ether oxygens (including phenoxy) is 1. The number of nitrogens with two attached hydrogens (primary N) is 1. The van der Waals surface area contributed by atoms with Crippen molar-refractivity contribution in [2.45, 2.75) is 6.92 Å². The number of hydrogen-bond donors (Lipinski definition) is 2. The van der Waals surface area contributed by atoms with Crippen molar-refractivity contribution in [3.63, 3.8) is 0 Å². The topological polar surface area (TPSA) is 128 Å². The number of aryl methyl sites for hydroxylation is 1. The van der Waals surface area contributed by atoms with Gasteiger partial charge in [0.1, 0.15) is 17.9 Å². The van der Waals surface area contributed by atoms with Gasteiger partial charge in [0.2, 0.25) is 0 Å². The van der Waals surface area contributed by atoms with Crippen molar-refractivity contribution < 1.29 is 11.0 Å². The number of hydrogen-bond acceptors (Lipinski definition) is 7. The van der Waals surface area contributed by atoms with Crippen molar-refractivity contribution in [3.8, 4) is 11.5 Å². The van der Waals surface area contributed by atoms with Gasteiger partial charge in [0.15, 0.2) is 11.6 Å². The highest BCUT2D eigenvalue weighted by Crippen LogP contribution is 2.25. The number of aliphatic imine (C=N–C) groups is 1. The molecule has 0 bridgehead atoms. The van der Waals surface area contributed by atoms with Gasteiger partial charge in [-0.25, -0.2) is 24.9 Å². The van der Waals surface area contributed by atoms with Gasteiger partial charge in [-0.2, -0.15) is 0 Å². The number of rotatable bonds is 5. The second-order valence-electron chi connectivity index (χ2n) is 5.17. The Labute approximate surface area is 150 Å². The van der Waals surface area contributed by atoms with Crippen LogP contribution >= 0.6 is 0 Å². The van der Waals surface area contributed by atoms with Gasteiger partial charge in [-0.05, 0) is 24.6 Å². The van der Waals surface area contributed by atoms with Gasteiger partial charge in [-0.3, -0.25) is 4.79 Å². The van der Waals surface area contributed by atoms with E-state index in [1.54, 1.807) is 12.3 Å². The lowest BCUT2D eigenvalue weighted by Gasteiger charge is -2.09. The van der Waals surface area contributed by atoms with Crippen LogP contribution in [0.1, 0.15) is 17.3 Å². The Morgan fingerprint density at radius 3 is 2.69 bits per heavy atom. The van der Waals surface area contributed by atoms with Gasteiger partial charge in [-0.1, -0.05) is 6.07 Å². The van der Waals surface area contributed by atoms with Gasteiger partial charge in [0, 0.05) is 7.62 Å². The van der Waals surface area contributed by atoms with Crippen LogP contribution in [0.4, 0.5) is 11.6 Å². The van der Waals surface area contributed by atoms with Crippen LogP contribution in [0.15, 0.2) is 54.3 Å². The number of carbonyl (C=O) groups excluding carboxylic acids is 1. The molecule has 0 aliphatic carbocycles. The van der Waals surface area contributed by atoms with Gasteiger partial charge < -0.3 is 15.8 Å². The van der Waals surface area contributed by atoms with Crippen LogP contribution in [0.3, 0.4) is 0 Å². The minimum absolute atomic E-state index is 0. The molecule has 26 heavy (non-hydrogen) atoms. The Kier molecular flexibility index (Phi) is 5.08. The maximum absolute atomic E-state index is 12.6. The molecule has 1 amide bonds. The van der Waals surface area contributed by atoms with Crippen LogP contribution < -0.4 is 15.8 Å². The Balaban J connectivity index is 0.00000261. The highest BCUT2D eigenvalue weighted by atomic mass is 16.5. The summed E-state index contributed by atoms with van der Waals surface area (Å²) in [6, 6.07) is 5.05. The first-order chi connectivity index (χ1) is 12.7. The lowest BCUT2D eigenvalue weighted by molar-refractivity contribution is 0.102. The molecule has 0 aliphatic heterocycles. The standard InChI is InChI=1S/C17H15N7O2.H2/c1-11-2-3-15(21-5-11)24-17(25)14-4-12(8-22-16(14)23-9-18)26-13-6-19-10-20-7-13;/h2-10H,1H3,(H2,18,22,23)(H,21,24,25);1H. The van der Waals surface area contributed by atoms with Crippen LogP contribution in [-0.4, -0.2) is 32.2 Å². The first-order valence-corrected chi connectivity index (χ1v) is 7.57. The number of amides is 1. The third kappa shape index (κ3) is 4.15. The fourth-order valence-corrected chi connectivity index (χ4v) is 2.03. The summed E-state index contributed by atoms with van der Waals surface area (Å²) in [7, 11) is 0. The summed E-state index contributed by atoms with van der Waals surface area (Å²) in [6.45, 7) is 1.91. The van der Waals surface area contributed by atoms with E-state index in [0.717, 1.165) is 11.9 Å². The van der Waals surface area contributed by atoms with Crippen LogP contribution in [0.2, 0.25) is 0 Å². The molecule has 0 saturated heterocycles. The average Bonchev–Trinajstić information content (AvgIpc) is 2.66. The van der Waals surface area contributed by atoms with Crippen molar-refractivity contribution in [1.29, 1.82) is 0 Å². The molecule has 3 rings (SSSR count). The largest absolute Gasteiger partial charge is 0.452 e. The fraction of sp³-hybridized carbons (Fsp3) is 0.0588. The van der Waals surface area contributed by atoms with E-state index in [-0.39, 0.29) is 12.8 Å². The van der Waals surface area contributed by atoms with Crippen molar-refractivity contribution >= 4 is 23.9 Å². The SMILES string of the molecule is Cc1ccc(NC(=O)c2cc(Oc3cncnc3)cnc2/N=C\N)nc1.[HH]. The van der Waals surface area contributed by atoms with Crippen LogP contribution in [0, 0.1) is 6.92 Å². The van der Waals surface area contributed by atoms with Crippen molar-refractivity contribution in [1.82, 2.24) is 19.9 Å². The van der Waals surface area contributed by atoms with Crippen molar-refractivity contribution in [2.24, 2.45) is 10.7 Å². The van der Waals surface area contributed by atoms with E-state index < -0.39 is 5.91 Å². The molecule has 3 aromatic rings. The summed E-state index contributed by atoms with van der Waals surface area (Å²) < 4.78 is 5.60. The van der Waals surface area contributed by atoms with E-state index in [1.165, 1.54) is 31.0 Å². The molecule has 9 nitrogen and oxygen atoms in total. The van der Waals surface area contributed by atoms with E-state index in [1.807, 2.05) is 13.0 Å². The van der Waals surface area contributed by atoms with Crippen LogP contribution in [0.25, 0.3) is 0 Å². The zero-order valence-corrected chi connectivity index (χ0v) is 13.8. The summed E-state index contributed by atoms with van der Waals surface area (Å²) in [6.07, 6.45) is 8.52. The second kappa shape index (κ2) is 7.79. The first kappa shape index (κ1) is 17.0. The van der Waals surface area contributed by atoms with E-state index >= 15 is 0 Å². The number of pyridine rings is 2. The summed E-state index contributed by atoms with van der Waals surface area (Å²) in [4.78, 5) is 32.5. The molecule has 0 unspecified atom stereocenters. The monoisotopic (exact) mass is 351 g/mol. The molecule has 132 valence electrons. The number of anilines is 1. The zero-order valence-electron chi connectivity index (χ0n) is 13.8. The molecule has 0 fully saturated rings. The molecule has 3 heterocycles. The molecule has 0 saturated carbocycles. The second-order valence-corrected chi connectivity index (χ2v) is 5.17. The minimum Gasteiger partial charge on any atom is -0.452 e. The quantitative estimate of drug-likeness (QED) is 0.533. The molecule has 3 aromatic heterocycles. The summed E-state index contributed by atoms with van der Waals surface area (Å²) in [5.74, 6) is 0.873. The first-order valence-electron chi connectivity index (χ1n) is 7.57. The average molecular weight is 351 g/mol. The van der Waals surface area contributed by atoms with E-state index in [0.29, 0.717) is 17.3 Å². The van der Waals surface area contributed by atoms with Crippen molar-refractivity contribution in [3.05, 3.63) is 60.4 Å². The molecule has 0 radical (unpaired) electrons. The van der Waals surface area contributed by atoms with E-state index in [9.17, 15) is 4.79 Å². The maximum Gasteiger partial charge on any atom is 0.260 e. The Morgan fingerprint density at radius 1 is 1.19 bits per heavy atom. The number of nitrogens with one attached hydrogen (secondary N) is 1. The van der Waals surface area contributed by atoms with Crippen LogP contribution in [-0.2, 0) is 0 Å². The number of carbonyl (C=O) groups is 1. The smallest absolute Gasteiger partial charge is 0.260 e. The molecule has 9 heteroatoms. The van der Waals surface area contributed by atoms with Gasteiger partial charge in [0.25, 0.3) is 5.91 Å². The number of nitrogens with zero attached hydrogens (tertiary/aromatic N) is 5. The lowest BCUT2D eigenvalue weighted by atomic mass is 10.2. The van der Waals surface area contributed by atoms with Crippen LogP contribution in [0.5, 0.6) is 11.5 Å². The minimum atomic E-state index is -0.441. The maximum atomic E-state index is 12.6. The summed E-state index contributed by atoms with van der Waals surface area (Å²) in [5, 5.41) is 2.69. The van der Waals surface area contributed by atoms with Gasteiger partial charge >= 0.3 is 0 Å². The molecule has 0 spiro atoms. The normalized spacial score (nSPS) is 10.7. The van der Waals surface area contributed by atoms with E-state index in [2.05, 4.69) is 30.2 Å². The molecular weight excluding hydrogens is 334 g/mol. The lowest BCUT2D eigenvalue weighted by Crippen LogP contribution is -2.14. The van der Waals surface area contributed by atoms with Gasteiger partial charge in [0.05, 0.1) is 30.5 Å². The molecule has 0 atom stereocenters. The summed E-state index contributed by atoms with van der Waals surface area (Å²) >= 11 is 0. The zero-order chi connectivity index (χ0) is 18.4. The summed E-state index contributed by atoms with van der Waals surface area (Å²) in [5.41, 5.74) is 6.51.